The van der Waals surface area contributed by atoms with E-state index in [1.165, 1.54) is 0 Å². The molecule has 6 nitrogen and oxygen atoms in total. The number of benzene rings is 1. The smallest absolute Gasteiger partial charge is 0.191 e. The number of para-hydroxylation sites is 1. The maximum absolute atomic E-state index is 5.67. The number of hydrogen-bond donors (Lipinski definition) is 2. The fraction of sp³-hybridized carbons (Fsp3) is 0.650. The van der Waals surface area contributed by atoms with Gasteiger partial charge < -0.3 is 24.8 Å². The van der Waals surface area contributed by atoms with Crippen molar-refractivity contribution in [3.05, 3.63) is 30.3 Å². The Bertz CT molecular complexity index is 461. The van der Waals surface area contributed by atoms with Crippen molar-refractivity contribution in [3.63, 3.8) is 0 Å². The van der Waals surface area contributed by atoms with Gasteiger partial charge in [0.05, 0.1) is 26.4 Å². The van der Waals surface area contributed by atoms with Crippen molar-refractivity contribution in [1.82, 2.24) is 10.6 Å². The highest BCUT2D eigenvalue weighted by Gasteiger charge is 1.97. The second-order valence-corrected chi connectivity index (χ2v) is 5.87. The third-order valence-corrected chi connectivity index (χ3v) is 3.65. The van der Waals surface area contributed by atoms with Gasteiger partial charge in [-0.1, -0.05) is 31.5 Å². The van der Waals surface area contributed by atoms with Crippen LogP contribution in [0.15, 0.2) is 35.3 Å². The topological polar surface area (TPSA) is 64.1 Å². The molecule has 0 radical (unpaired) electrons. The Labute approximate surface area is 181 Å². The van der Waals surface area contributed by atoms with Crippen LogP contribution in [0.2, 0.25) is 0 Å². The summed E-state index contributed by atoms with van der Waals surface area (Å²) < 4.78 is 16.6. The van der Waals surface area contributed by atoms with Crippen LogP contribution < -0.4 is 15.4 Å². The van der Waals surface area contributed by atoms with Gasteiger partial charge in [-0.15, -0.1) is 24.0 Å². The van der Waals surface area contributed by atoms with Crippen molar-refractivity contribution in [2.45, 2.75) is 32.6 Å². The van der Waals surface area contributed by atoms with E-state index >= 15 is 0 Å². The van der Waals surface area contributed by atoms with Crippen LogP contribution in [0.4, 0.5) is 0 Å². The Balaban J connectivity index is 0.00000676. The summed E-state index contributed by atoms with van der Waals surface area (Å²) in [5.74, 6) is 1.73. The molecule has 0 aliphatic heterocycles. The van der Waals surface area contributed by atoms with Crippen LogP contribution in [0.5, 0.6) is 5.75 Å². The molecule has 0 unspecified atom stereocenters. The molecule has 156 valence electrons. The van der Waals surface area contributed by atoms with Crippen molar-refractivity contribution in [1.29, 1.82) is 0 Å². The number of aliphatic imine (C=N–C) groups is 1. The molecule has 2 N–H and O–H groups in total. The molecule has 0 atom stereocenters. The Kier molecular flexibility index (Phi) is 18.9. The molecule has 1 aromatic carbocycles. The summed E-state index contributed by atoms with van der Waals surface area (Å²) in [5, 5.41) is 6.54. The molecular weight excluding hydrogens is 457 g/mol. The number of rotatable bonds is 15. The molecule has 1 rings (SSSR count). The molecule has 0 aliphatic rings. The lowest BCUT2D eigenvalue weighted by Crippen LogP contribution is -2.39. The summed E-state index contributed by atoms with van der Waals surface area (Å²) in [4.78, 5) is 4.20. The molecule has 0 heterocycles. The molecule has 0 aliphatic carbocycles. The highest BCUT2D eigenvalue weighted by Crippen LogP contribution is 2.08. The van der Waals surface area contributed by atoms with Gasteiger partial charge in [0.1, 0.15) is 5.75 Å². The van der Waals surface area contributed by atoms with Crippen LogP contribution in [0.1, 0.15) is 32.6 Å². The molecule has 7 heteroatoms. The highest BCUT2D eigenvalue weighted by molar-refractivity contribution is 14.0. The lowest BCUT2D eigenvalue weighted by Gasteiger charge is -2.12. The van der Waals surface area contributed by atoms with Gasteiger partial charge in [-0.25, -0.2) is 0 Å². The van der Waals surface area contributed by atoms with Gasteiger partial charge in [-0.3, -0.25) is 4.99 Å². The number of halogens is 1. The molecule has 0 spiro atoms. The van der Waals surface area contributed by atoms with Gasteiger partial charge in [-0.2, -0.15) is 0 Å². The molecule has 0 amide bonds. The first kappa shape index (κ1) is 25.9. The number of nitrogens with one attached hydrogen (secondary N) is 2. The summed E-state index contributed by atoms with van der Waals surface area (Å²) >= 11 is 0. The fourth-order valence-corrected chi connectivity index (χ4v) is 2.17. The summed E-state index contributed by atoms with van der Waals surface area (Å²) in [5.41, 5.74) is 0. The molecule has 0 bridgehead atoms. The monoisotopic (exact) mass is 493 g/mol. The molecule has 0 aromatic heterocycles. The van der Waals surface area contributed by atoms with Gasteiger partial charge >= 0.3 is 0 Å². The second-order valence-electron chi connectivity index (χ2n) is 5.87. The Morgan fingerprint density at radius 3 is 2.26 bits per heavy atom. The minimum Gasteiger partial charge on any atom is -0.494 e. The van der Waals surface area contributed by atoms with E-state index in [-0.39, 0.29) is 24.0 Å². The molecular formula is C20H36IN3O3. The van der Waals surface area contributed by atoms with Gasteiger partial charge in [0.15, 0.2) is 5.96 Å². The van der Waals surface area contributed by atoms with E-state index in [1.807, 2.05) is 30.3 Å². The number of unbranched alkanes of at least 4 members (excludes halogenated alkanes) is 2. The summed E-state index contributed by atoms with van der Waals surface area (Å²) in [7, 11) is 1.77. The molecule has 1 aromatic rings. The van der Waals surface area contributed by atoms with E-state index in [4.69, 9.17) is 14.2 Å². The Morgan fingerprint density at radius 1 is 0.852 bits per heavy atom. The lowest BCUT2D eigenvalue weighted by molar-refractivity contribution is 0.0487. The van der Waals surface area contributed by atoms with E-state index in [2.05, 4.69) is 22.5 Å². The largest absolute Gasteiger partial charge is 0.494 e. The van der Waals surface area contributed by atoms with E-state index in [9.17, 15) is 0 Å². The minimum atomic E-state index is 0. The van der Waals surface area contributed by atoms with Crippen molar-refractivity contribution in [3.8, 4) is 5.75 Å². The van der Waals surface area contributed by atoms with E-state index in [0.29, 0.717) is 19.8 Å². The van der Waals surface area contributed by atoms with Crippen molar-refractivity contribution in [2.75, 3.05) is 53.2 Å². The third-order valence-electron chi connectivity index (χ3n) is 3.65. The molecule has 0 saturated heterocycles. The zero-order chi connectivity index (χ0) is 18.7. The predicted octanol–water partition coefficient (Wildman–Crippen LogP) is 3.46. The number of guanidine groups is 1. The van der Waals surface area contributed by atoms with Crippen molar-refractivity contribution < 1.29 is 14.2 Å². The first-order chi connectivity index (χ1) is 12.9. The number of ether oxygens (including phenoxy) is 3. The highest BCUT2D eigenvalue weighted by atomic mass is 127. The average Bonchev–Trinajstić information content (AvgIpc) is 2.68. The molecule has 0 fully saturated rings. The normalized spacial score (nSPS) is 11.0. The third kappa shape index (κ3) is 15.7. The quantitative estimate of drug-likeness (QED) is 0.170. The van der Waals surface area contributed by atoms with Crippen LogP contribution in [0.25, 0.3) is 0 Å². The fourth-order valence-electron chi connectivity index (χ4n) is 2.17. The zero-order valence-corrected chi connectivity index (χ0v) is 19.1. The summed E-state index contributed by atoms with van der Waals surface area (Å²) in [6.07, 6.45) is 4.30. The van der Waals surface area contributed by atoms with Crippen LogP contribution in [0, 0.1) is 0 Å². The van der Waals surface area contributed by atoms with Gasteiger partial charge in [0, 0.05) is 26.7 Å². The molecule has 27 heavy (non-hydrogen) atoms. The SMILES string of the molecule is CCCCOCCOCCNC(=NC)NCCCCOc1ccccc1.I. The second kappa shape index (κ2) is 19.7. The predicted molar refractivity (Wildman–Crippen MR) is 122 cm³/mol. The van der Waals surface area contributed by atoms with Gasteiger partial charge in [0.2, 0.25) is 0 Å². The first-order valence-corrected chi connectivity index (χ1v) is 9.64. The first-order valence-electron chi connectivity index (χ1n) is 9.64. The number of nitrogens with zero attached hydrogens (tertiary/aromatic N) is 1. The van der Waals surface area contributed by atoms with Crippen molar-refractivity contribution in [2.24, 2.45) is 4.99 Å². The maximum Gasteiger partial charge on any atom is 0.191 e. The summed E-state index contributed by atoms with van der Waals surface area (Å²) in [6, 6.07) is 9.90. The summed E-state index contributed by atoms with van der Waals surface area (Å²) in [6.45, 7) is 7.25. The van der Waals surface area contributed by atoms with E-state index in [0.717, 1.165) is 63.7 Å². The molecule has 0 saturated carbocycles. The van der Waals surface area contributed by atoms with Crippen LogP contribution >= 0.6 is 24.0 Å². The van der Waals surface area contributed by atoms with Crippen LogP contribution in [0.3, 0.4) is 0 Å². The zero-order valence-electron chi connectivity index (χ0n) is 16.7. The van der Waals surface area contributed by atoms with Crippen molar-refractivity contribution >= 4 is 29.9 Å². The maximum atomic E-state index is 5.67. The standard InChI is InChI=1S/C20H35N3O3.HI/c1-3-4-14-24-17-18-25-16-13-23-20(21-2)22-12-8-9-15-26-19-10-6-5-7-11-19;/h5-7,10-11H,3-4,8-9,12-18H2,1-2H3,(H2,21,22,23);1H. The Hall–Kier alpha value is -1.06. The van der Waals surface area contributed by atoms with E-state index < -0.39 is 0 Å². The number of hydrogen-bond acceptors (Lipinski definition) is 4. The van der Waals surface area contributed by atoms with Crippen LogP contribution in [-0.4, -0.2) is 59.1 Å². The minimum absolute atomic E-state index is 0. The van der Waals surface area contributed by atoms with Crippen LogP contribution in [-0.2, 0) is 9.47 Å². The van der Waals surface area contributed by atoms with Gasteiger partial charge in [0.25, 0.3) is 0 Å². The van der Waals surface area contributed by atoms with E-state index in [1.54, 1.807) is 7.05 Å². The average molecular weight is 493 g/mol. The Morgan fingerprint density at radius 2 is 1.56 bits per heavy atom. The lowest BCUT2D eigenvalue weighted by atomic mass is 10.3. The van der Waals surface area contributed by atoms with Gasteiger partial charge in [-0.05, 0) is 31.4 Å².